The highest BCUT2D eigenvalue weighted by molar-refractivity contribution is 7.34. The highest BCUT2D eigenvalue weighted by Crippen LogP contribution is 2.67. The van der Waals surface area contributed by atoms with Crippen LogP contribution in [0.25, 0.3) is 66.1 Å². The molecule has 0 bridgehead atoms. The lowest BCUT2D eigenvalue weighted by Crippen LogP contribution is -2.63. The summed E-state index contributed by atoms with van der Waals surface area (Å²) in [5.74, 6) is 0. The van der Waals surface area contributed by atoms with Crippen LogP contribution in [0.3, 0.4) is 0 Å². The fourth-order valence-corrected chi connectivity index (χ4v) is 13.4. The Hall–Kier alpha value is -4.07. The predicted molar refractivity (Wildman–Crippen MR) is 195 cm³/mol. The van der Waals surface area contributed by atoms with Crippen LogP contribution in [-0.2, 0) is 0 Å². The minimum Gasteiger partial charge on any atom is -0.371 e. The Morgan fingerprint density at radius 1 is 0.364 bits per heavy atom. The van der Waals surface area contributed by atoms with Crippen LogP contribution in [0.2, 0.25) is 0 Å². The summed E-state index contributed by atoms with van der Waals surface area (Å²) in [5, 5.41) is 14.8. The third-order valence-corrected chi connectivity index (χ3v) is 14.5. The van der Waals surface area contributed by atoms with Crippen LogP contribution in [0.4, 0.5) is 22.7 Å². The van der Waals surface area contributed by atoms with E-state index in [9.17, 15) is 0 Å². The zero-order chi connectivity index (χ0) is 28.0. The molecule has 5 aliphatic rings. The molecule has 0 saturated carbocycles. The average Bonchev–Trinajstić information content (AvgIpc) is 3.89. The molecule has 0 N–H and O–H groups in total. The smallest absolute Gasteiger partial charge is 0.350 e. The number of hydrogen-bond donors (Lipinski definition) is 0. The molecule has 0 atom stereocenters. The van der Waals surface area contributed by atoms with Gasteiger partial charge in [-0.3, -0.25) is 0 Å². The van der Waals surface area contributed by atoms with Gasteiger partial charge < -0.3 is 9.62 Å². The van der Waals surface area contributed by atoms with Crippen molar-refractivity contribution in [3.63, 3.8) is 0 Å². The third kappa shape index (κ3) is 2.18. The van der Waals surface area contributed by atoms with Gasteiger partial charge in [0.1, 0.15) is 0 Å². The number of rotatable bonds is 0. The molecule has 9 heterocycles. The monoisotopic (exact) mass is 626 g/mol. The van der Waals surface area contributed by atoms with Gasteiger partial charge in [-0.25, -0.2) is 0 Å². The molecule has 4 aromatic carbocycles. The van der Waals surface area contributed by atoms with Gasteiger partial charge in [0.25, 0.3) is 0 Å². The third-order valence-electron chi connectivity index (χ3n) is 10.7. The topological polar surface area (TPSA) is 6.48 Å². The van der Waals surface area contributed by atoms with E-state index in [1.165, 1.54) is 108 Å². The fourth-order valence-electron chi connectivity index (χ4n) is 9.26. The molecule has 8 heteroatoms. The van der Waals surface area contributed by atoms with E-state index in [1.807, 2.05) is 45.3 Å². The normalized spacial score (nSPS) is 15.1. The van der Waals surface area contributed by atoms with Crippen LogP contribution in [-0.4, -0.2) is 13.7 Å². The molecule has 5 aliphatic heterocycles. The Morgan fingerprint density at radius 3 is 0.909 bits per heavy atom. The maximum atomic E-state index is 2.81. The van der Waals surface area contributed by atoms with Crippen molar-refractivity contribution in [3.8, 4) is 44.5 Å². The molecule has 0 saturated heterocycles. The van der Waals surface area contributed by atoms with Crippen molar-refractivity contribution in [2.45, 2.75) is 0 Å². The quantitative estimate of drug-likeness (QED) is 0.156. The molecule has 0 fully saturated rings. The van der Waals surface area contributed by atoms with Crippen LogP contribution in [0.5, 0.6) is 0 Å². The number of nitrogens with zero attached hydrogens (tertiary/aromatic N) is 2. The Morgan fingerprint density at radius 2 is 0.636 bits per heavy atom. The Balaban J connectivity index is 1.38. The fraction of sp³-hybridized carbons (Fsp3) is 0. The number of fused-ring (bicyclic) bond motifs is 18. The van der Waals surface area contributed by atoms with E-state index in [1.54, 1.807) is 0 Å². The second-order valence-corrected chi connectivity index (χ2v) is 16.1. The number of thiophene rings is 4. The molecule has 4 aromatic heterocycles. The van der Waals surface area contributed by atoms with Crippen molar-refractivity contribution in [2.75, 3.05) is 9.62 Å². The lowest BCUT2D eigenvalue weighted by Gasteiger charge is -2.54. The van der Waals surface area contributed by atoms with E-state index in [2.05, 4.69) is 104 Å². The summed E-state index contributed by atoms with van der Waals surface area (Å²) in [6, 6.07) is 28.0. The molecule has 0 unspecified atom stereocenters. The highest BCUT2D eigenvalue weighted by atomic mass is 32.1. The molecule has 44 heavy (non-hydrogen) atoms. The van der Waals surface area contributed by atoms with Crippen LogP contribution in [0, 0.1) is 0 Å². The Labute approximate surface area is 269 Å². The van der Waals surface area contributed by atoms with E-state index >= 15 is 0 Å². The molecule has 0 aliphatic carbocycles. The van der Waals surface area contributed by atoms with Crippen molar-refractivity contribution in [1.82, 2.24) is 0 Å². The average molecular weight is 626 g/mol. The zero-order valence-corrected chi connectivity index (χ0v) is 26.2. The van der Waals surface area contributed by atoms with Crippen LogP contribution < -0.4 is 28.7 Å². The van der Waals surface area contributed by atoms with Gasteiger partial charge in [-0.15, -0.1) is 0 Å². The second kappa shape index (κ2) is 7.24. The predicted octanol–water partition coefficient (Wildman–Crippen LogP) is 8.36. The van der Waals surface area contributed by atoms with Crippen molar-refractivity contribution in [3.05, 3.63) is 94.3 Å². The SMILES string of the molecule is c1ccc2c3c4c5c(c2c1)-c1ccsc1B1c2sccc2-c2c(c6c(c7ccccc27)-c2ccsc2B(c2sccc2-3)N46)N15. The van der Waals surface area contributed by atoms with Gasteiger partial charge in [-0.1, -0.05) is 48.5 Å². The second-order valence-electron chi connectivity index (χ2n) is 12.3. The van der Waals surface area contributed by atoms with Crippen molar-refractivity contribution in [2.24, 2.45) is 0 Å². The van der Waals surface area contributed by atoms with E-state index in [4.69, 9.17) is 0 Å². The molecule has 13 rings (SSSR count). The molecule has 8 aromatic rings. The van der Waals surface area contributed by atoms with Gasteiger partial charge in [-0.05, 0) is 89.6 Å². The van der Waals surface area contributed by atoms with Gasteiger partial charge in [0.05, 0.1) is 22.7 Å². The number of anilines is 4. The summed E-state index contributed by atoms with van der Waals surface area (Å²) >= 11 is 7.73. The standard InChI is InChI=1S/C36H16B2N2S4/c1-2-6-18-17(5-1)25-21-9-13-41-33(21)37-35-23(11-15-43-35)27-19-7-3-4-8-20(19)28-24-12-16-44-36(24)38-34-22(10-14-42-34)26(18)30-29(25)39(37)31(27)32(28)40(30)38/h1-16H. The van der Waals surface area contributed by atoms with Crippen LogP contribution in [0.15, 0.2) is 94.3 Å². The minimum atomic E-state index is 0.184. The van der Waals surface area contributed by atoms with Gasteiger partial charge >= 0.3 is 13.7 Å². The number of benzene rings is 4. The van der Waals surface area contributed by atoms with Gasteiger partial charge in [0.15, 0.2) is 0 Å². The maximum Gasteiger partial charge on any atom is 0.350 e. The molecule has 0 radical (unpaired) electrons. The van der Waals surface area contributed by atoms with Gasteiger partial charge in [0, 0.05) is 41.4 Å². The molecular formula is C36H16B2N2S4. The van der Waals surface area contributed by atoms with Crippen molar-refractivity contribution < 1.29 is 0 Å². The molecule has 2 nitrogen and oxygen atoms in total. The first kappa shape index (κ1) is 22.4. The largest absolute Gasteiger partial charge is 0.371 e. The molecule has 0 spiro atoms. The lowest BCUT2D eigenvalue weighted by atomic mass is 9.46. The summed E-state index contributed by atoms with van der Waals surface area (Å²) in [4.78, 5) is 5.61. The number of hydrogen-bond acceptors (Lipinski definition) is 6. The summed E-state index contributed by atoms with van der Waals surface area (Å²) < 4.78 is 5.90. The molecular weight excluding hydrogens is 610 g/mol. The molecule has 0 amide bonds. The van der Waals surface area contributed by atoms with E-state index < -0.39 is 0 Å². The van der Waals surface area contributed by atoms with Crippen LogP contribution >= 0.6 is 45.3 Å². The summed E-state index contributed by atoms with van der Waals surface area (Å²) in [7, 11) is 0. The summed E-state index contributed by atoms with van der Waals surface area (Å²) in [6.45, 7) is 0.368. The highest BCUT2D eigenvalue weighted by Gasteiger charge is 2.56. The first-order valence-electron chi connectivity index (χ1n) is 15.0. The first-order valence-corrected chi connectivity index (χ1v) is 18.5. The Bertz CT molecular complexity index is 2310. The van der Waals surface area contributed by atoms with Crippen molar-refractivity contribution >= 4 is 122 Å². The van der Waals surface area contributed by atoms with E-state index in [0.717, 1.165) is 0 Å². The minimum absolute atomic E-state index is 0.184. The molecule has 200 valence electrons. The summed E-state index contributed by atoms with van der Waals surface area (Å²) in [5.41, 5.74) is 16.9. The van der Waals surface area contributed by atoms with Gasteiger partial charge in [0.2, 0.25) is 0 Å². The van der Waals surface area contributed by atoms with E-state index in [-0.39, 0.29) is 13.7 Å². The van der Waals surface area contributed by atoms with E-state index in [0.29, 0.717) is 0 Å². The van der Waals surface area contributed by atoms with Gasteiger partial charge in [-0.2, -0.15) is 45.3 Å². The zero-order valence-electron chi connectivity index (χ0n) is 22.9. The van der Waals surface area contributed by atoms with Crippen molar-refractivity contribution in [1.29, 1.82) is 0 Å². The summed E-state index contributed by atoms with van der Waals surface area (Å²) in [6.07, 6.45) is 0. The first-order chi connectivity index (χ1) is 21.9. The van der Waals surface area contributed by atoms with Crippen LogP contribution in [0.1, 0.15) is 0 Å². The lowest BCUT2D eigenvalue weighted by molar-refractivity contribution is 1.26. The Kier molecular flexibility index (Phi) is 3.69. The maximum absolute atomic E-state index is 2.81.